The molecule has 0 N–H and O–H groups in total. The van der Waals surface area contributed by atoms with Gasteiger partial charge in [0.2, 0.25) is 0 Å². The van der Waals surface area contributed by atoms with Gasteiger partial charge in [-0.3, -0.25) is 9.88 Å². The Labute approximate surface area is 148 Å². The summed E-state index contributed by atoms with van der Waals surface area (Å²) in [6.45, 7) is 4.31. The average Bonchev–Trinajstić information content (AvgIpc) is 3.41. The summed E-state index contributed by atoms with van der Waals surface area (Å²) in [5.41, 5.74) is 3.64. The second kappa shape index (κ2) is 8.18. The van der Waals surface area contributed by atoms with E-state index in [0.717, 1.165) is 30.6 Å². The molecule has 1 heterocycles. The number of hydrogen-bond acceptors (Lipinski definition) is 3. The number of nitrogens with zero attached hydrogens (tertiary/aromatic N) is 2. The first kappa shape index (κ1) is 16.8. The lowest BCUT2D eigenvalue weighted by molar-refractivity contribution is 0.271. The molecule has 2 aromatic rings. The summed E-state index contributed by atoms with van der Waals surface area (Å²) >= 11 is 7.87. The van der Waals surface area contributed by atoms with Gasteiger partial charge in [0.1, 0.15) is 0 Å². The Hall–Kier alpha value is -1.03. The highest BCUT2D eigenvalue weighted by atomic mass is 35.5. The molecule has 0 spiro atoms. The minimum Gasteiger partial charge on any atom is -0.295 e. The molecule has 4 heteroatoms. The summed E-state index contributed by atoms with van der Waals surface area (Å²) in [5.74, 6) is 1.60. The van der Waals surface area contributed by atoms with Crippen LogP contribution >= 0.6 is 23.4 Å². The van der Waals surface area contributed by atoms with Crippen molar-refractivity contribution in [3.63, 3.8) is 0 Å². The van der Waals surface area contributed by atoms with Crippen molar-refractivity contribution in [2.24, 2.45) is 0 Å². The van der Waals surface area contributed by atoms with E-state index in [2.05, 4.69) is 53.2 Å². The highest BCUT2D eigenvalue weighted by Gasteiger charge is 2.28. The van der Waals surface area contributed by atoms with Crippen LogP contribution in [0.4, 0.5) is 0 Å². The molecule has 1 aliphatic rings. The maximum absolute atomic E-state index is 5.95. The lowest BCUT2D eigenvalue weighted by atomic mass is 10.2. The third kappa shape index (κ3) is 4.72. The first-order valence-electron chi connectivity index (χ1n) is 8.19. The van der Waals surface area contributed by atoms with Gasteiger partial charge < -0.3 is 0 Å². The van der Waals surface area contributed by atoms with E-state index in [1.54, 1.807) is 0 Å². The van der Waals surface area contributed by atoms with Gasteiger partial charge in [-0.15, -0.1) is 23.4 Å². The van der Waals surface area contributed by atoms with Crippen LogP contribution in [-0.4, -0.2) is 28.2 Å². The number of benzene rings is 1. The quantitative estimate of drug-likeness (QED) is 0.500. The maximum Gasteiger partial charge on any atom is 0.0650 e. The van der Waals surface area contributed by atoms with Crippen molar-refractivity contribution >= 4 is 23.4 Å². The van der Waals surface area contributed by atoms with Gasteiger partial charge in [-0.05, 0) is 37.0 Å². The Morgan fingerprint density at radius 2 is 2.00 bits per heavy atom. The van der Waals surface area contributed by atoms with Gasteiger partial charge in [0.05, 0.1) is 11.6 Å². The summed E-state index contributed by atoms with van der Waals surface area (Å²) < 4.78 is 0. The van der Waals surface area contributed by atoms with E-state index >= 15 is 0 Å². The van der Waals surface area contributed by atoms with Crippen molar-refractivity contribution in [2.75, 3.05) is 12.3 Å². The van der Waals surface area contributed by atoms with E-state index in [0.29, 0.717) is 5.88 Å². The Morgan fingerprint density at radius 1 is 1.22 bits per heavy atom. The lowest BCUT2D eigenvalue weighted by Gasteiger charge is -2.22. The van der Waals surface area contributed by atoms with E-state index < -0.39 is 0 Å². The molecule has 1 fully saturated rings. The van der Waals surface area contributed by atoms with Crippen molar-refractivity contribution in [1.29, 1.82) is 0 Å². The second-order valence-electron chi connectivity index (χ2n) is 6.05. The number of alkyl halides is 1. The van der Waals surface area contributed by atoms with E-state index in [1.165, 1.54) is 28.9 Å². The summed E-state index contributed by atoms with van der Waals surface area (Å²) in [5, 5.41) is 0. The first-order valence-corrected chi connectivity index (χ1v) is 9.71. The topological polar surface area (TPSA) is 16.1 Å². The summed E-state index contributed by atoms with van der Waals surface area (Å²) in [7, 11) is 0. The van der Waals surface area contributed by atoms with Crippen LogP contribution in [0.15, 0.2) is 47.5 Å². The number of rotatable bonds is 8. The molecule has 122 valence electrons. The fraction of sp³-hybridized carbons (Fsp3) is 0.421. The molecular formula is C19H23ClN2S. The minimum atomic E-state index is 0.489. The molecule has 2 nitrogen and oxygen atoms in total. The van der Waals surface area contributed by atoms with Crippen LogP contribution in [0, 0.1) is 6.92 Å². The molecule has 0 radical (unpaired) electrons. The molecule has 0 unspecified atom stereocenters. The third-order valence-corrected chi connectivity index (χ3v) is 5.71. The predicted octanol–water partition coefficient (Wildman–Crippen LogP) is 4.89. The van der Waals surface area contributed by atoms with Crippen LogP contribution in [0.2, 0.25) is 0 Å². The Morgan fingerprint density at radius 3 is 2.70 bits per heavy atom. The van der Waals surface area contributed by atoms with Gasteiger partial charge in [0.25, 0.3) is 0 Å². The number of thioether (sulfide) groups is 1. The fourth-order valence-electron chi connectivity index (χ4n) is 2.77. The van der Waals surface area contributed by atoms with Crippen LogP contribution in [0.3, 0.4) is 0 Å². The lowest BCUT2D eigenvalue weighted by Crippen LogP contribution is -2.28. The normalized spacial score (nSPS) is 14.4. The zero-order valence-electron chi connectivity index (χ0n) is 13.5. The molecule has 0 bridgehead atoms. The SMILES string of the molecule is Cc1c(SCCN(Cc2ccccc2)C2CC2)ccnc1CCl. The standard InChI is InChI=1S/C19H23ClN2S/c1-15-18(13-20)21-10-9-19(15)23-12-11-22(17-7-8-17)14-16-5-3-2-4-6-16/h2-6,9-10,17H,7-8,11-14H2,1H3. The largest absolute Gasteiger partial charge is 0.295 e. The highest BCUT2D eigenvalue weighted by molar-refractivity contribution is 7.99. The molecule has 0 aliphatic heterocycles. The highest BCUT2D eigenvalue weighted by Crippen LogP contribution is 2.30. The van der Waals surface area contributed by atoms with E-state index in [-0.39, 0.29) is 0 Å². The second-order valence-corrected chi connectivity index (χ2v) is 7.45. The van der Waals surface area contributed by atoms with Crippen molar-refractivity contribution in [1.82, 2.24) is 9.88 Å². The van der Waals surface area contributed by atoms with Crippen molar-refractivity contribution < 1.29 is 0 Å². The predicted molar refractivity (Wildman–Crippen MR) is 99.1 cm³/mol. The third-order valence-electron chi connectivity index (χ3n) is 4.31. The molecule has 1 saturated carbocycles. The van der Waals surface area contributed by atoms with Gasteiger partial charge in [0, 0.05) is 36.0 Å². The van der Waals surface area contributed by atoms with Crippen LogP contribution in [0.1, 0.15) is 29.7 Å². The van der Waals surface area contributed by atoms with E-state index in [4.69, 9.17) is 11.6 Å². The van der Waals surface area contributed by atoms with E-state index in [9.17, 15) is 0 Å². The molecule has 1 aliphatic carbocycles. The fourth-order valence-corrected chi connectivity index (χ4v) is 4.08. The van der Waals surface area contributed by atoms with Crippen LogP contribution in [-0.2, 0) is 12.4 Å². The van der Waals surface area contributed by atoms with Gasteiger partial charge in [-0.25, -0.2) is 0 Å². The van der Waals surface area contributed by atoms with Crippen LogP contribution in [0.25, 0.3) is 0 Å². The molecule has 3 rings (SSSR count). The Bertz CT molecular complexity index is 629. The van der Waals surface area contributed by atoms with Crippen LogP contribution < -0.4 is 0 Å². The monoisotopic (exact) mass is 346 g/mol. The Balaban J connectivity index is 1.56. The van der Waals surface area contributed by atoms with Gasteiger partial charge >= 0.3 is 0 Å². The van der Waals surface area contributed by atoms with Crippen molar-refractivity contribution in [2.45, 2.75) is 43.1 Å². The number of halogens is 1. The molecular weight excluding hydrogens is 324 g/mol. The van der Waals surface area contributed by atoms with Gasteiger partial charge in [0.15, 0.2) is 0 Å². The maximum atomic E-state index is 5.95. The number of hydrogen-bond donors (Lipinski definition) is 0. The molecule has 0 amide bonds. The van der Waals surface area contributed by atoms with Gasteiger partial charge in [-0.2, -0.15) is 0 Å². The van der Waals surface area contributed by atoms with Crippen LogP contribution in [0.5, 0.6) is 0 Å². The number of pyridine rings is 1. The zero-order chi connectivity index (χ0) is 16.1. The molecule has 0 saturated heterocycles. The van der Waals surface area contributed by atoms with Gasteiger partial charge in [-0.1, -0.05) is 30.3 Å². The smallest absolute Gasteiger partial charge is 0.0650 e. The van der Waals surface area contributed by atoms with Crippen molar-refractivity contribution in [3.8, 4) is 0 Å². The summed E-state index contributed by atoms with van der Waals surface area (Å²) in [6, 6.07) is 13.7. The minimum absolute atomic E-state index is 0.489. The Kier molecular flexibility index (Phi) is 5.98. The average molecular weight is 347 g/mol. The summed E-state index contributed by atoms with van der Waals surface area (Å²) in [6.07, 6.45) is 4.57. The summed E-state index contributed by atoms with van der Waals surface area (Å²) in [4.78, 5) is 8.28. The first-order chi connectivity index (χ1) is 11.3. The molecule has 0 atom stereocenters. The van der Waals surface area contributed by atoms with E-state index in [1.807, 2.05) is 18.0 Å². The molecule has 23 heavy (non-hydrogen) atoms. The molecule has 1 aromatic heterocycles. The van der Waals surface area contributed by atoms with Crippen molar-refractivity contribution in [3.05, 3.63) is 59.4 Å². The molecule has 1 aromatic carbocycles. The zero-order valence-corrected chi connectivity index (χ0v) is 15.1. The number of aromatic nitrogens is 1.